The van der Waals surface area contributed by atoms with Gasteiger partial charge in [-0.15, -0.1) is 0 Å². The lowest BCUT2D eigenvalue weighted by Gasteiger charge is -2.13. The van der Waals surface area contributed by atoms with Gasteiger partial charge in [-0.1, -0.05) is 41.6 Å². The second-order valence-electron chi connectivity index (χ2n) is 6.74. The zero-order valence-corrected chi connectivity index (χ0v) is 14.9. The van der Waals surface area contributed by atoms with E-state index in [-0.39, 0.29) is 11.8 Å². The van der Waals surface area contributed by atoms with Gasteiger partial charge in [0.15, 0.2) is 5.76 Å². The molecule has 1 aromatic heterocycles. The fraction of sp³-hybridized carbons (Fsp3) is 0.190. The highest BCUT2D eigenvalue weighted by molar-refractivity contribution is 6.01. The summed E-state index contributed by atoms with van der Waals surface area (Å²) in [6.45, 7) is 1.44. The van der Waals surface area contributed by atoms with Gasteiger partial charge in [0.25, 0.3) is 0 Å². The van der Waals surface area contributed by atoms with E-state index in [1.54, 1.807) is 24.3 Å². The Bertz CT molecular complexity index is 991. The van der Waals surface area contributed by atoms with E-state index in [0.29, 0.717) is 22.8 Å². The van der Waals surface area contributed by atoms with Crippen molar-refractivity contribution >= 4 is 23.2 Å². The molecule has 136 valence electrons. The minimum atomic E-state index is -0.652. The molecule has 2 N–H and O–H groups in total. The predicted molar refractivity (Wildman–Crippen MR) is 102 cm³/mol. The predicted octanol–water partition coefficient (Wildman–Crippen LogP) is 3.97. The summed E-state index contributed by atoms with van der Waals surface area (Å²) in [5.74, 6) is 0.376. The molecule has 6 heteroatoms. The molecule has 1 aliphatic carbocycles. The first-order valence-electron chi connectivity index (χ1n) is 8.79. The molecule has 3 aromatic rings. The Morgan fingerprint density at radius 2 is 1.67 bits per heavy atom. The summed E-state index contributed by atoms with van der Waals surface area (Å²) in [7, 11) is 0. The molecule has 2 aromatic carbocycles. The SMILES string of the molecule is CC(=O)Nc1cccc(NC(=O)C2(c3cc(-c4ccccc4)on3)CC2)c1. The molecule has 0 radical (unpaired) electrons. The van der Waals surface area contributed by atoms with Crippen LogP contribution in [0.4, 0.5) is 11.4 Å². The van der Waals surface area contributed by atoms with E-state index in [1.807, 2.05) is 36.4 Å². The summed E-state index contributed by atoms with van der Waals surface area (Å²) in [5, 5.41) is 9.80. The molecular formula is C21H19N3O3. The Balaban J connectivity index is 1.52. The Morgan fingerprint density at radius 3 is 2.33 bits per heavy atom. The largest absolute Gasteiger partial charge is 0.356 e. The van der Waals surface area contributed by atoms with E-state index >= 15 is 0 Å². The van der Waals surface area contributed by atoms with E-state index in [9.17, 15) is 9.59 Å². The lowest BCUT2D eigenvalue weighted by molar-refractivity contribution is -0.118. The summed E-state index contributed by atoms with van der Waals surface area (Å²) in [6.07, 6.45) is 1.45. The van der Waals surface area contributed by atoms with Crippen molar-refractivity contribution in [1.82, 2.24) is 5.16 Å². The van der Waals surface area contributed by atoms with Gasteiger partial charge >= 0.3 is 0 Å². The number of aromatic nitrogens is 1. The van der Waals surface area contributed by atoms with Gasteiger partial charge in [-0.2, -0.15) is 0 Å². The summed E-state index contributed by atoms with van der Waals surface area (Å²) >= 11 is 0. The van der Waals surface area contributed by atoms with Gasteiger partial charge in [-0.25, -0.2) is 0 Å². The molecule has 0 atom stereocenters. The fourth-order valence-electron chi connectivity index (χ4n) is 3.09. The molecule has 0 spiro atoms. The van der Waals surface area contributed by atoms with E-state index in [1.165, 1.54) is 6.92 Å². The second-order valence-corrected chi connectivity index (χ2v) is 6.74. The Labute approximate surface area is 156 Å². The Kier molecular flexibility index (Phi) is 4.24. The third kappa shape index (κ3) is 3.46. The van der Waals surface area contributed by atoms with Crippen LogP contribution in [0.15, 0.2) is 65.2 Å². The van der Waals surface area contributed by atoms with Gasteiger partial charge in [0.1, 0.15) is 0 Å². The number of rotatable bonds is 5. The number of nitrogens with zero attached hydrogens (tertiary/aromatic N) is 1. The molecule has 6 nitrogen and oxygen atoms in total. The zero-order chi connectivity index (χ0) is 18.9. The number of hydrogen-bond acceptors (Lipinski definition) is 4. The molecule has 27 heavy (non-hydrogen) atoms. The van der Waals surface area contributed by atoms with Crippen molar-refractivity contribution in [2.45, 2.75) is 25.2 Å². The van der Waals surface area contributed by atoms with Crippen LogP contribution in [0, 0.1) is 0 Å². The molecule has 1 fully saturated rings. The van der Waals surface area contributed by atoms with Crippen LogP contribution >= 0.6 is 0 Å². The van der Waals surface area contributed by atoms with Gasteiger partial charge in [-0.3, -0.25) is 9.59 Å². The number of anilines is 2. The van der Waals surface area contributed by atoms with Crippen molar-refractivity contribution in [3.8, 4) is 11.3 Å². The second kappa shape index (κ2) is 6.72. The summed E-state index contributed by atoms with van der Waals surface area (Å²) < 4.78 is 5.46. The molecule has 1 saturated carbocycles. The lowest BCUT2D eigenvalue weighted by Crippen LogP contribution is -2.28. The monoisotopic (exact) mass is 361 g/mol. The number of carbonyl (C=O) groups is 2. The zero-order valence-electron chi connectivity index (χ0n) is 14.9. The van der Waals surface area contributed by atoms with Crippen molar-refractivity contribution < 1.29 is 14.1 Å². The van der Waals surface area contributed by atoms with E-state index < -0.39 is 5.41 Å². The molecule has 1 heterocycles. The minimum absolute atomic E-state index is 0.115. The standard InChI is InChI=1S/C21H19N3O3/c1-14(25)22-16-8-5-9-17(12-16)23-20(26)21(10-11-21)19-13-18(27-24-19)15-6-3-2-4-7-15/h2-9,12-13H,10-11H2,1H3,(H,22,25)(H,23,26). The number of amides is 2. The highest BCUT2D eigenvalue weighted by atomic mass is 16.5. The van der Waals surface area contributed by atoms with Crippen molar-refractivity contribution in [3.05, 3.63) is 66.4 Å². The van der Waals surface area contributed by atoms with Crippen LogP contribution in [0.5, 0.6) is 0 Å². The first-order chi connectivity index (χ1) is 13.1. The number of hydrogen-bond donors (Lipinski definition) is 2. The van der Waals surface area contributed by atoms with Crippen molar-refractivity contribution in [2.24, 2.45) is 0 Å². The maximum absolute atomic E-state index is 12.9. The number of carbonyl (C=O) groups excluding carboxylic acids is 2. The maximum atomic E-state index is 12.9. The van der Waals surface area contributed by atoms with Gasteiger partial charge in [-0.05, 0) is 31.0 Å². The van der Waals surface area contributed by atoms with Gasteiger partial charge in [0.2, 0.25) is 11.8 Å². The highest BCUT2D eigenvalue weighted by Crippen LogP contribution is 2.49. The fourth-order valence-corrected chi connectivity index (χ4v) is 3.09. The molecule has 2 amide bonds. The number of nitrogens with one attached hydrogen (secondary N) is 2. The van der Waals surface area contributed by atoms with Crippen LogP contribution in [0.3, 0.4) is 0 Å². The molecule has 0 bridgehead atoms. The van der Waals surface area contributed by atoms with Crippen LogP contribution < -0.4 is 10.6 Å². The van der Waals surface area contributed by atoms with Crippen LogP contribution in [-0.4, -0.2) is 17.0 Å². The quantitative estimate of drug-likeness (QED) is 0.720. The van der Waals surface area contributed by atoms with Gasteiger partial charge in [0.05, 0.1) is 11.1 Å². The molecule has 4 rings (SSSR count). The van der Waals surface area contributed by atoms with Crippen molar-refractivity contribution in [3.63, 3.8) is 0 Å². The first-order valence-corrected chi connectivity index (χ1v) is 8.79. The minimum Gasteiger partial charge on any atom is -0.356 e. The maximum Gasteiger partial charge on any atom is 0.236 e. The smallest absolute Gasteiger partial charge is 0.236 e. The normalized spacial score (nSPS) is 14.4. The van der Waals surface area contributed by atoms with Crippen LogP contribution in [0.1, 0.15) is 25.5 Å². The average Bonchev–Trinajstić information content (AvgIpc) is 3.32. The molecule has 0 aliphatic heterocycles. The Morgan fingerprint density at radius 1 is 0.963 bits per heavy atom. The molecule has 1 aliphatic rings. The first kappa shape index (κ1) is 17.0. The van der Waals surface area contributed by atoms with Crippen LogP contribution in [0.2, 0.25) is 0 Å². The summed E-state index contributed by atoms with van der Waals surface area (Å²) in [5.41, 5.74) is 2.19. The van der Waals surface area contributed by atoms with E-state index in [0.717, 1.165) is 18.4 Å². The summed E-state index contributed by atoms with van der Waals surface area (Å²) in [6, 6.07) is 18.6. The van der Waals surface area contributed by atoms with Crippen molar-refractivity contribution in [2.75, 3.05) is 10.6 Å². The topological polar surface area (TPSA) is 84.2 Å². The Hall–Kier alpha value is -3.41. The average molecular weight is 361 g/mol. The molecule has 0 unspecified atom stereocenters. The molecular weight excluding hydrogens is 342 g/mol. The lowest BCUT2D eigenvalue weighted by atomic mass is 10.00. The third-order valence-electron chi connectivity index (χ3n) is 4.68. The van der Waals surface area contributed by atoms with E-state index in [2.05, 4.69) is 15.8 Å². The van der Waals surface area contributed by atoms with Crippen LogP contribution in [-0.2, 0) is 15.0 Å². The summed E-state index contributed by atoms with van der Waals surface area (Å²) in [4.78, 5) is 24.1. The van der Waals surface area contributed by atoms with Crippen molar-refractivity contribution in [1.29, 1.82) is 0 Å². The van der Waals surface area contributed by atoms with Crippen LogP contribution in [0.25, 0.3) is 11.3 Å². The van der Waals surface area contributed by atoms with Gasteiger partial charge in [0, 0.05) is 29.9 Å². The third-order valence-corrected chi connectivity index (χ3v) is 4.68. The molecule has 0 saturated heterocycles. The highest BCUT2D eigenvalue weighted by Gasteiger charge is 2.53. The van der Waals surface area contributed by atoms with E-state index in [4.69, 9.17) is 4.52 Å². The van der Waals surface area contributed by atoms with Gasteiger partial charge < -0.3 is 15.2 Å². The number of benzene rings is 2.